The predicted octanol–water partition coefficient (Wildman–Crippen LogP) is 4.93. The number of hydrogen-bond donors (Lipinski definition) is 1. The van der Waals surface area contributed by atoms with Gasteiger partial charge in [0.25, 0.3) is 0 Å². The summed E-state index contributed by atoms with van der Waals surface area (Å²) >= 11 is 6.14. The fourth-order valence-corrected chi connectivity index (χ4v) is 2.28. The van der Waals surface area contributed by atoms with Gasteiger partial charge in [0.05, 0.1) is 0 Å². The van der Waals surface area contributed by atoms with E-state index < -0.39 is 6.36 Å². The van der Waals surface area contributed by atoms with Crippen LogP contribution in [-0.4, -0.2) is 6.36 Å². The largest absolute Gasteiger partial charge is 0.573 e. The van der Waals surface area contributed by atoms with Crippen LogP contribution in [-0.2, 0) is 0 Å². The molecule has 0 heterocycles. The van der Waals surface area contributed by atoms with Crippen molar-refractivity contribution >= 4 is 11.6 Å². The maximum atomic E-state index is 12.1. The van der Waals surface area contributed by atoms with E-state index in [9.17, 15) is 13.2 Å². The number of benzene rings is 2. The topological polar surface area (TPSA) is 35.2 Å². The van der Waals surface area contributed by atoms with E-state index in [1.54, 1.807) is 6.07 Å². The first-order chi connectivity index (χ1) is 9.76. The Morgan fingerprint density at radius 3 is 2.10 bits per heavy atom. The van der Waals surface area contributed by atoms with Gasteiger partial charge in [-0.2, -0.15) is 0 Å². The highest BCUT2D eigenvalue weighted by Gasteiger charge is 2.30. The summed E-state index contributed by atoms with van der Waals surface area (Å²) in [4.78, 5) is 0. The maximum absolute atomic E-state index is 12.1. The van der Waals surface area contributed by atoms with Gasteiger partial charge in [-0.15, -0.1) is 13.2 Å². The molecule has 0 radical (unpaired) electrons. The maximum Gasteiger partial charge on any atom is 0.573 e. The lowest BCUT2D eigenvalue weighted by molar-refractivity contribution is -0.274. The molecule has 0 saturated carbocycles. The van der Waals surface area contributed by atoms with Gasteiger partial charge in [0.2, 0.25) is 0 Å². The van der Waals surface area contributed by atoms with Crippen molar-refractivity contribution in [3.05, 3.63) is 53.1 Å². The Balaban J connectivity index is 2.25. The smallest absolute Gasteiger partial charge is 0.406 e. The summed E-state index contributed by atoms with van der Waals surface area (Å²) in [6.07, 6.45) is -4.69. The van der Waals surface area contributed by atoms with Crippen LogP contribution in [0.4, 0.5) is 13.2 Å². The van der Waals surface area contributed by atoms with Crippen LogP contribution in [0.25, 0.3) is 11.1 Å². The van der Waals surface area contributed by atoms with Crippen LogP contribution in [0.5, 0.6) is 5.75 Å². The molecule has 0 saturated heterocycles. The molecule has 0 bridgehead atoms. The predicted molar refractivity (Wildman–Crippen MR) is 76.2 cm³/mol. The number of nitrogens with two attached hydrogens (primary N) is 1. The minimum atomic E-state index is -4.69. The van der Waals surface area contributed by atoms with Crippen LogP contribution in [0.15, 0.2) is 42.5 Å². The summed E-state index contributed by atoms with van der Waals surface area (Å²) in [5.74, 6) is -0.260. The van der Waals surface area contributed by atoms with Gasteiger partial charge in [-0.25, -0.2) is 0 Å². The Morgan fingerprint density at radius 1 is 1.05 bits per heavy atom. The molecule has 2 nitrogen and oxygen atoms in total. The highest BCUT2D eigenvalue weighted by atomic mass is 35.5. The van der Waals surface area contributed by atoms with Gasteiger partial charge >= 0.3 is 6.36 Å². The average molecular weight is 316 g/mol. The van der Waals surface area contributed by atoms with Gasteiger partial charge in [0, 0.05) is 11.1 Å². The van der Waals surface area contributed by atoms with Crippen molar-refractivity contribution in [3.8, 4) is 16.9 Å². The third-order valence-electron chi connectivity index (χ3n) is 2.91. The van der Waals surface area contributed by atoms with Crippen LogP contribution in [0.2, 0.25) is 5.02 Å². The number of rotatable bonds is 3. The molecule has 0 spiro atoms. The van der Waals surface area contributed by atoms with Crippen molar-refractivity contribution in [1.29, 1.82) is 0 Å². The molecule has 0 aromatic heterocycles. The molecule has 2 rings (SSSR count). The molecule has 112 valence electrons. The summed E-state index contributed by atoms with van der Waals surface area (Å²) in [5.41, 5.74) is 8.12. The molecule has 0 fully saturated rings. The van der Waals surface area contributed by atoms with Crippen LogP contribution in [0.1, 0.15) is 18.5 Å². The number of hydrogen-bond acceptors (Lipinski definition) is 2. The van der Waals surface area contributed by atoms with Crippen LogP contribution in [0.3, 0.4) is 0 Å². The van der Waals surface area contributed by atoms with Gasteiger partial charge < -0.3 is 10.5 Å². The first kappa shape index (κ1) is 15.7. The lowest BCUT2D eigenvalue weighted by Crippen LogP contribution is -2.16. The Labute approximate surface area is 125 Å². The van der Waals surface area contributed by atoms with E-state index >= 15 is 0 Å². The van der Waals surface area contributed by atoms with Gasteiger partial charge in [0.1, 0.15) is 5.75 Å². The quantitative estimate of drug-likeness (QED) is 0.872. The minimum Gasteiger partial charge on any atom is -0.406 e. The van der Waals surface area contributed by atoms with Crippen molar-refractivity contribution in [2.45, 2.75) is 19.3 Å². The molecule has 21 heavy (non-hydrogen) atoms. The van der Waals surface area contributed by atoms with Crippen molar-refractivity contribution in [2.75, 3.05) is 0 Å². The second-order valence-electron chi connectivity index (χ2n) is 4.60. The lowest BCUT2D eigenvalue weighted by Gasteiger charge is -2.11. The third kappa shape index (κ3) is 4.12. The van der Waals surface area contributed by atoms with Crippen LogP contribution < -0.4 is 10.5 Å². The first-order valence-corrected chi connectivity index (χ1v) is 6.55. The monoisotopic (exact) mass is 315 g/mol. The first-order valence-electron chi connectivity index (χ1n) is 6.17. The molecule has 0 aliphatic carbocycles. The average Bonchev–Trinajstić information content (AvgIpc) is 2.37. The Morgan fingerprint density at radius 2 is 1.62 bits per heavy atom. The Bertz CT molecular complexity index is 624. The molecule has 0 amide bonds. The molecule has 1 atom stereocenters. The van der Waals surface area contributed by atoms with Gasteiger partial charge in [-0.1, -0.05) is 35.9 Å². The summed E-state index contributed by atoms with van der Waals surface area (Å²) in [5, 5.41) is 0.526. The van der Waals surface area contributed by atoms with Gasteiger partial charge in [0.15, 0.2) is 0 Å². The highest BCUT2D eigenvalue weighted by molar-refractivity contribution is 6.31. The van der Waals surface area contributed by atoms with Crippen molar-refractivity contribution in [2.24, 2.45) is 5.73 Å². The molecule has 1 unspecified atom stereocenters. The SMILES string of the molecule is CC(N)c1ccc(-c2ccc(OC(F)(F)F)cc2)cc1Cl. The van der Waals surface area contributed by atoms with Crippen molar-refractivity contribution < 1.29 is 17.9 Å². The molecule has 0 aliphatic heterocycles. The zero-order chi connectivity index (χ0) is 15.6. The third-order valence-corrected chi connectivity index (χ3v) is 3.24. The van der Waals surface area contributed by atoms with E-state index in [2.05, 4.69) is 4.74 Å². The Kier molecular flexibility index (Phi) is 4.44. The second-order valence-corrected chi connectivity index (χ2v) is 5.00. The standard InChI is InChI=1S/C15H13ClF3NO/c1-9(20)13-7-4-11(8-14(13)16)10-2-5-12(6-3-10)21-15(17,18)19/h2-9H,20H2,1H3. The summed E-state index contributed by atoms with van der Waals surface area (Å²) < 4.78 is 40.1. The lowest BCUT2D eigenvalue weighted by atomic mass is 10.0. The van der Waals surface area contributed by atoms with E-state index in [1.807, 2.05) is 19.1 Å². The second kappa shape index (κ2) is 5.95. The van der Waals surface area contributed by atoms with E-state index in [0.29, 0.717) is 5.02 Å². The zero-order valence-electron chi connectivity index (χ0n) is 11.1. The molecular formula is C15H13ClF3NO. The number of ether oxygens (including phenoxy) is 1. The fraction of sp³-hybridized carbons (Fsp3) is 0.200. The van der Waals surface area contributed by atoms with Crippen molar-refractivity contribution in [1.82, 2.24) is 0 Å². The number of halogens is 4. The van der Waals surface area contributed by atoms with Crippen LogP contribution >= 0.6 is 11.6 Å². The zero-order valence-corrected chi connectivity index (χ0v) is 11.9. The fourth-order valence-electron chi connectivity index (χ4n) is 1.93. The van der Waals surface area contributed by atoms with Crippen molar-refractivity contribution in [3.63, 3.8) is 0 Å². The van der Waals surface area contributed by atoms with Gasteiger partial charge in [-0.05, 0) is 41.8 Å². The minimum absolute atomic E-state index is 0.186. The molecule has 2 aromatic rings. The normalized spacial score (nSPS) is 13.0. The van der Waals surface area contributed by atoms with E-state index in [1.165, 1.54) is 24.3 Å². The number of alkyl halides is 3. The molecular weight excluding hydrogens is 303 g/mol. The van der Waals surface area contributed by atoms with E-state index in [0.717, 1.165) is 16.7 Å². The Hall–Kier alpha value is -1.72. The van der Waals surface area contributed by atoms with E-state index in [-0.39, 0.29) is 11.8 Å². The molecule has 2 aromatic carbocycles. The molecule has 6 heteroatoms. The highest BCUT2D eigenvalue weighted by Crippen LogP contribution is 2.30. The summed E-state index contributed by atoms with van der Waals surface area (Å²) in [7, 11) is 0. The summed E-state index contributed by atoms with van der Waals surface area (Å²) in [6.45, 7) is 1.82. The van der Waals surface area contributed by atoms with Gasteiger partial charge in [-0.3, -0.25) is 0 Å². The molecule has 2 N–H and O–H groups in total. The molecule has 0 aliphatic rings. The van der Waals surface area contributed by atoms with Crippen LogP contribution in [0, 0.1) is 0 Å². The summed E-state index contributed by atoms with van der Waals surface area (Å²) in [6, 6.07) is 10.8. The van der Waals surface area contributed by atoms with E-state index in [4.69, 9.17) is 17.3 Å².